The van der Waals surface area contributed by atoms with Gasteiger partial charge < -0.3 is 14.7 Å². The van der Waals surface area contributed by atoms with Crippen LogP contribution in [-0.4, -0.2) is 42.2 Å². The van der Waals surface area contributed by atoms with Crippen LogP contribution in [0.2, 0.25) is 5.02 Å². The molecule has 1 aliphatic rings. The van der Waals surface area contributed by atoms with Crippen LogP contribution in [-0.2, 0) is 11.2 Å². The van der Waals surface area contributed by atoms with Gasteiger partial charge in [-0.3, -0.25) is 4.79 Å². The molecule has 116 valence electrons. The Hall–Kier alpha value is -1.26. The molecule has 2 atom stereocenters. The van der Waals surface area contributed by atoms with Gasteiger partial charge in [0, 0.05) is 19.5 Å². The molecule has 2 rings (SSSR count). The van der Waals surface area contributed by atoms with Gasteiger partial charge in [-0.25, -0.2) is 0 Å². The summed E-state index contributed by atoms with van der Waals surface area (Å²) in [4.78, 5) is 14.1. The van der Waals surface area contributed by atoms with Crippen LogP contribution in [0.15, 0.2) is 18.2 Å². The molecule has 21 heavy (non-hydrogen) atoms. The standard InChI is InChI=1S/C16H22ClNO3/c1-11-10-18(8-7-14(11)19)16(20)6-4-12-3-5-15(21-2)13(17)9-12/h3,5,9,11,14,19H,4,6-8,10H2,1-2H3. The number of carbonyl (C=O) groups is 1. The predicted molar refractivity (Wildman–Crippen MR) is 82.7 cm³/mol. The van der Waals surface area contributed by atoms with Crippen molar-refractivity contribution in [2.75, 3.05) is 20.2 Å². The van der Waals surface area contributed by atoms with Crippen LogP contribution >= 0.6 is 11.6 Å². The summed E-state index contributed by atoms with van der Waals surface area (Å²) in [5.41, 5.74) is 1.03. The number of likely N-dealkylation sites (tertiary alicyclic amines) is 1. The molecule has 0 spiro atoms. The zero-order valence-electron chi connectivity index (χ0n) is 12.5. The highest BCUT2D eigenvalue weighted by molar-refractivity contribution is 6.32. The maximum atomic E-state index is 12.2. The van der Waals surface area contributed by atoms with E-state index in [1.54, 1.807) is 7.11 Å². The third-order valence-corrected chi connectivity index (χ3v) is 4.35. The number of hydrogen-bond acceptors (Lipinski definition) is 3. The lowest BCUT2D eigenvalue weighted by Gasteiger charge is -2.34. The number of methoxy groups -OCH3 is 1. The van der Waals surface area contributed by atoms with Crippen molar-refractivity contribution in [2.45, 2.75) is 32.3 Å². The van der Waals surface area contributed by atoms with Gasteiger partial charge >= 0.3 is 0 Å². The maximum absolute atomic E-state index is 12.2. The lowest BCUT2D eigenvalue weighted by atomic mass is 9.96. The van der Waals surface area contributed by atoms with E-state index < -0.39 is 0 Å². The van der Waals surface area contributed by atoms with Crippen LogP contribution in [0.3, 0.4) is 0 Å². The Bertz CT molecular complexity index is 506. The van der Waals surface area contributed by atoms with Crippen molar-refractivity contribution in [3.63, 3.8) is 0 Å². The molecule has 1 N–H and O–H groups in total. The molecular formula is C16H22ClNO3. The number of rotatable bonds is 4. The van der Waals surface area contributed by atoms with Gasteiger partial charge in [0.2, 0.25) is 5.91 Å². The Kier molecular flexibility index (Phi) is 5.48. The first-order chi connectivity index (χ1) is 10.0. The number of aryl methyl sites for hydroxylation is 1. The number of benzene rings is 1. The summed E-state index contributed by atoms with van der Waals surface area (Å²) in [7, 11) is 1.58. The van der Waals surface area contributed by atoms with Crippen molar-refractivity contribution >= 4 is 17.5 Å². The number of hydrogen-bond donors (Lipinski definition) is 1. The Morgan fingerprint density at radius 2 is 2.29 bits per heavy atom. The van der Waals surface area contributed by atoms with Gasteiger partial charge in [-0.05, 0) is 36.5 Å². The van der Waals surface area contributed by atoms with Gasteiger partial charge in [0.15, 0.2) is 0 Å². The number of aliphatic hydroxyl groups excluding tert-OH is 1. The molecule has 5 heteroatoms. The molecule has 0 aromatic heterocycles. The van der Waals surface area contributed by atoms with Gasteiger partial charge in [-0.1, -0.05) is 24.6 Å². The number of amides is 1. The third kappa shape index (κ3) is 4.11. The number of ether oxygens (including phenoxy) is 1. The first-order valence-electron chi connectivity index (χ1n) is 7.29. The fourth-order valence-electron chi connectivity index (χ4n) is 2.63. The van der Waals surface area contributed by atoms with Crippen molar-refractivity contribution in [2.24, 2.45) is 5.92 Å². The molecule has 0 bridgehead atoms. The highest BCUT2D eigenvalue weighted by atomic mass is 35.5. The average Bonchev–Trinajstić information content (AvgIpc) is 2.47. The van der Waals surface area contributed by atoms with E-state index in [1.165, 1.54) is 0 Å². The van der Waals surface area contributed by atoms with Crippen molar-refractivity contribution in [3.8, 4) is 5.75 Å². The summed E-state index contributed by atoms with van der Waals surface area (Å²) in [6.07, 6.45) is 1.51. The van der Waals surface area contributed by atoms with Crippen LogP contribution in [0.25, 0.3) is 0 Å². The van der Waals surface area contributed by atoms with Crippen molar-refractivity contribution in [3.05, 3.63) is 28.8 Å². The van der Waals surface area contributed by atoms with Gasteiger partial charge in [0.25, 0.3) is 0 Å². The number of carbonyl (C=O) groups excluding carboxylic acids is 1. The normalized spacial score (nSPS) is 22.2. The summed E-state index contributed by atoms with van der Waals surface area (Å²) in [5.74, 6) is 0.935. The van der Waals surface area contributed by atoms with Crippen molar-refractivity contribution in [1.29, 1.82) is 0 Å². The first-order valence-corrected chi connectivity index (χ1v) is 7.67. The smallest absolute Gasteiger partial charge is 0.222 e. The Morgan fingerprint density at radius 1 is 1.52 bits per heavy atom. The molecular weight excluding hydrogens is 290 g/mol. The largest absolute Gasteiger partial charge is 0.495 e. The Balaban J connectivity index is 1.88. The molecule has 1 aromatic carbocycles. The number of nitrogens with zero attached hydrogens (tertiary/aromatic N) is 1. The van der Waals surface area contributed by atoms with E-state index >= 15 is 0 Å². The van der Waals surface area contributed by atoms with E-state index in [4.69, 9.17) is 16.3 Å². The summed E-state index contributed by atoms with van der Waals surface area (Å²) < 4.78 is 5.11. The zero-order valence-corrected chi connectivity index (χ0v) is 13.3. The van der Waals surface area contributed by atoms with Crippen molar-refractivity contribution < 1.29 is 14.6 Å². The van der Waals surface area contributed by atoms with Gasteiger partial charge in [-0.15, -0.1) is 0 Å². The average molecular weight is 312 g/mol. The second-order valence-electron chi connectivity index (χ2n) is 5.64. The third-order valence-electron chi connectivity index (χ3n) is 4.06. The Labute approximate surface area is 130 Å². The molecule has 1 heterocycles. The maximum Gasteiger partial charge on any atom is 0.222 e. The van der Waals surface area contributed by atoms with Crippen LogP contribution in [0, 0.1) is 5.92 Å². The molecule has 1 aromatic rings. The molecule has 1 aliphatic heterocycles. The summed E-state index contributed by atoms with van der Waals surface area (Å²) in [5, 5.41) is 10.3. The monoisotopic (exact) mass is 311 g/mol. The molecule has 1 fully saturated rings. The highest BCUT2D eigenvalue weighted by Crippen LogP contribution is 2.25. The van der Waals surface area contributed by atoms with Crippen molar-refractivity contribution in [1.82, 2.24) is 4.90 Å². The fraction of sp³-hybridized carbons (Fsp3) is 0.562. The van der Waals surface area contributed by atoms with E-state index in [0.29, 0.717) is 43.1 Å². The van der Waals surface area contributed by atoms with E-state index in [0.717, 1.165) is 5.56 Å². The molecule has 1 amide bonds. The lowest BCUT2D eigenvalue weighted by Crippen LogP contribution is -2.45. The zero-order chi connectivity index (χ0) is 15.4. The fourth-order valence-corrected chi connectivity index (χ4v) is 2.91. The van der Waals surface area contributed by atoms with E-state index in [2.05, 4.69) is 0 Å². The molecule has 0 aliphatic carbocycles. The van der Waals surface area contributed by atoms with Gasteiger partial charge in [0.05, 0.1) is 18.2 Å². The van der Waals surface area contributed by atoms with E-state index in [1.807, 2.05) is 30.0 Å². The highest BCUT2D eigenvalue weighted by Gasteiger charge is 2.26. The minimum atomic E-state index is -0.283. The molecule has 1 saturated heterocycles. The molecule has 0 radical (unpaired) electrons. The number of aliphatic hydroxyl groups is 1. The molecule has 4 nitrogen and oxygen atoms in total. The second-order valence-corrected chi connectivity index (χ2v) is 6.05. The van der Waals surface area contributed by atoms with Gasteiger partial charge in [0.1, 0.15) is 5.75 Å². The minimum Gasteiger partial charge on any atom is -0.495 e. The molecule has 2 unspecified atom stereocenters. The van der Waals surface area contributed by atoms with Crippen LogP contribution in [0.5, 0.6) is 5.75 Å². The number of piperidine rings is 1. The van der Waals surface area contributed by atoms with Gasteiger partial charge in [-0.2, -0.15) is 0 Å². The summed E-state index contributed by atoms with van der Waals surface area (Å²) in [6.45, 7) is 3.27. The topological polar surface area (TPSA) is 49.8 Å². The lowest BCUT2D eigenvalue weighted by molar-refractivity contribution is -0.134. The predicted octanol–water partition coefficient (Wildman–Crippen LogP) is 2.51. The number of halogens is 1. The first kappa shape index (κ1) is 16.1. The Morgan fingerprint density at radius 3 is 2.90 bits per heavy atom. The van der Waals surface area contributed by atoms with E-state index in [-0.39, 0.29) is 17.9 Å². The van der Waals surface area contributed by atoms with Crippen LogP contribution in [0.4, 0.5) is 0 Å². The van der Waals surface area contributed by atoms with E-state index in [9.17, 15) is 9.90 Å². The van der Waals surface area contributed by atoms with Crippen LogP contribution < -0.4 is 4.74 Å². The minimum absolute atomic E-state index is 0.140. The SMILES string of the molecule is COc1ccc(CCC(=O)N2CCC(O)C(C)C2)cc1Cl. The second kappa shape index (κ2) is 7.14. The quantitative estimate of drug-likeness (QED) is 0.929. The van der Waals surface area contributed by atoms with Crippen LogP contribution in [0.1, 0.15) is 25.3 Å². The molecule has 0 saturated carbocycles. The summed E-state index contributed by atoms with van der Waals surface area (Å²) in [6, 6.07) is 5.60. The summed E-state index contributed by atoms with van der Waals surface area (Å²) >= 11 is 6.08.